The molecule has 1 aliphatic heterocycles. The maximum absolute atomic E-state index is 12.9. The molecule has 0 aliphatic carbocycles. The van der Waals surface area contributed by atoms with Crippen LogP contribution < -0.4 is 0 Å². The van der Waals surface area contributed by atoms with E-state index in [0.717, 1.165) is 23.5 Å². The smallest absolute Gasteiger partial charge is 0.341 e. The van der Waals surface area contributed by atoms with E-state index < -0.39 is 10.9 Å². The van der Waals surface area contributed by atoms with E-state index in [9.17, 15) is 20.0 Å². The number of carbonyl (C=O) groups is 1. The molecule has 0 fully saturated rings. The van der Waals surface area contributed by atoms with Gasteiger partial charge in [0.15, 0.2) is 0 Å². The number of non-ortho nitro benzene ring substituents is 1. The Hall–Kier alpha value is -3.82. The number of aliphatic imine (C=N–C) groups is 1. The monoisotopic (exact) mass is 505 g/mol. The summed E-state index contributed by atoms with van der Waals surface area (Å²) in [4.78, 5) is 31.6. The largest absolute Gasteiger partial charge is 0.507 e. The number of allylic oxidation sites excluding steroid dienone is 1. The minimum atomic E-state index is -0.515. The number of phenolic OH excluding ortho intramolecular Hbond substituents is 1. The van der Waals surface area contributed by atoms with Crippen molar-refractivity contribution < 1.29 is 19.6 Å². The number of nitro benzene ring substituents is 1. The van der Waals surface area contributed by atoms with E-state index >= 15 is 0 Å². The summed E-state index contributed by atoms with van der Waals surface area (Å²) in [7, 11) is 0. The molecule has 36 heavy (non-hydrogen) atoms. The zero-order chi connectivity index (χ0) is 25.7. The molecule has 1 aromatic heterocycles. The summed E-state index contributed by atoms with van der Waals surface area (Å²) in [5.41, 5.74) is 3.02. The lowest BCUT2D eigenvalue weighted by molar-refractivity contribution is -0.384. The van der Waals surface area contributed by atoms with Crippen molar-refractivity contribution in [3.05, 3.63) is 97.9 Å². The van der Waals surface area contributed by atoms with E-state index in [1.54, 1.807) is 13.0 Å². The van der Waals surface area contributed by atoms with Gasteiger partial charge >= 0.3 is 5.97 Å². The van der Waals surface area contributed by atoms with Crippen molar-refractivity contribution in [3.63, 3.8) is 0 Å². The second kappa shape index (κ2) is 11.3. The number of thiophene rings is 1. The van der Waals surface area contributed by atoms with Crippen LogP contribution in [0.2, 0.25) is 0 Å². The van der Waals surface area contributed by atoms with Crippen LogP contribution in [-0.4, -0.2) is 40.3 Å². The molecule has 1 N–H and O–H groups in total. The molecular weight excluding hydrogens is 478 g/mol. The first-order valence-electron chi connectivity index (χ1n) is 11.6. The molecule has 4 rings (SSSR count). The molecule has 2 aromatic carbocycles. The van der Waals surface area contributed by atoms with Crippen LogP contribution in [0.1, 0.15) is 44.4 Å². The molecule has 2 heterocycles. The Kier molecular flexibility index (Phi) is 7.92. The normalized spacial score (nSPS) is 13.5. The molecule has 8 nitrogen and oxygen atoms in total. The number of hydrogen-bond acceptors (Lipinski definition) is 8. The molecule has 186 valence electrons. The molecular formula is C27H27N3O5S. The van der Waals surface area contributed by atoms with Gasteiger partial charge < -0.3 is 9.84 Å². The molecule has 0 radical (unpaired) electrons. The lowest BCUT2D eigenvalue weighted by Gasteiger charge is -2.27. The highest BCUT2D eigenvalue weighted by Gasteiger charge is 2.29. The number of hydrogen-bond donors (Lipinski definition) is 1. The number of esters is 1. The molecule has 3 aromatic rings. The van der Waals surface area contributed by atoms with Crippen molar-refractivity contribution in [2.45, 2.75) is 32.9 Å². The van der Waals surface area contributed by atoms with Gasteiger partial charge in [-0.1, -0.05) is 36.4 Å². The molecule has 0 spiro atoms. The second-order valence-corrected chi connectivity index (χ2v) is 9.49. The van der Waals surface area contributed by atoms with Gasteiger partial charge in [-0.05, 0) is 30.9 Å². The van der Waals surface area contributed by atoms with E-state index in [2.05, 4.69) is 28.6 Å². The first kappa shape index (κ1) is 25.3. The number of fused-ring (bicyclic) bond motifs is 1. The van der Waals surface area contributed by atoms with Gasteiger partial charge in [0.25, 0.3) is 5.69 Å². The van der Waals surface area contributed by atoms with E-state index in [4.69, 9.17) is 4.74 Å². The van der Waals surface area contributed by atoms with Crippen LogP contribution >= 0.6 is 11.3 Å². The summed E-state index contributed by atoms with van der Waals surface area (Å²) in [6, 6.07) is 12.8. The summed E-state index contributed by atoms with van der Waals surface area (Å²) < 4.78 is 5.32. The number of aromatic hydroxyl groups is 1. The summed E-state index contributed by atoms with van der Waals surface area (Å²) in [5.74, 6) is -0.536. The van der Waals surface area contributed by atoms with Crippen LogP contribution in [0.3, 0.4) is 0 Å². The van der Waals surface area contributed by atoms with E-state index in [1.807, 2.05) is 18.2 Å². The maximum Gasteiger partial charge on any atom is 0.341 e. The number of nitro groups is 1. The predicted molar refractivity (Wildman–Crippen MR) is 140 cm³/mol. The number of rotatable bonds is 9. The summed E-state index contributed by atoms with van der Waals surface area (Å²) >= 11 is 1.41. The molecule has 9 heteroatoms. The first-order chi connectivity index (χ1) is 17.4. The predicted octanol–water partition coefficient (Wildman–Crippen LogP) is 5.58. The van der Waals surface area contributed by atoms with E-state index in [1.165, 1.54) is 35.2 Å². The van der Waals surface area contributed by atoms with Gasteiger partial charge in [0, 0.05) is 54.0 Å². The first-order valence-corrected chi connectivity index (χ1v) is 12.5. The van der Waals surface area contributed by atoms with E-state index in [-0.39, 0.29) is 30.0 Å². The topological polar surface area (TPSA) is 105 Å². The standard InChI is InChI=1S/C27H27N3O5S/c1-3-8-19-13-21(30(33)34)14-20(25(19)31)15-28-26-24(27(32)35-4-2)22-11-12-29(17-23(22)36-26)16-18-9-6-5-7-10-18/h3,5-7,9-10,13-15,31H,1,4,8,11-12,16-17H2,2H3. The fourth-order valence-electron chi connectivity index (χ4n) is 4.27. The fraction of sp³-hybridized carbons (Fsp3) is 0.259. The quantitative estimate of drug-likeness (QED) is 0.134. The van der Waals surface area contributed by atoms with Gasteiger partial charge in [-0.25, -0.2) is 9.79 Å². The third-order valence-electron chi connectivity index (χ3n) is 5.94. The Balaban J connectivity index is 1.69. The Morgan fingerprint density at radius 1 is 1.33 bits per heavy atom. The van der Waals surface area contributed by atoms with Crippen molar-refractivity contribution in [3.8, 4) is 5.75 Å². The molecule has 0 unspecified atom stereocenters. The molecule has 1 aliphatic rings. The number of benzene rings is 2. The van der Waals surface area contributed by atoms with Crippen molar-refractivity contribution in [1.82, 2.24) is 4.90 Å². The Labute approximate surface area is 213 Å². The summed E-state index contributed by atoms with van der Waals surface area (Å²) in [5, 5.41) is 22.5. The van der Waals surface area contributed by atoms with Crippen LogP contribution in [0.5, 0.6) is 5.75 Å². The lowest BCUT2D eigenvalue weighted by atomic mass is 10.0. The Morgan fingerprint density at radius 2 is 2.11 bits per heavy atom. The van der Waals surface area contributed by atoms with E-state index in [0.29, 0.717) is 29.1 Å². The highest BCUT2D eigenvalue weighted by Crippen LogP contribution is 2.40. The fourth-order valence-corrected chi connectivity index (χ4v) is 5.49. The average molecular weight is 506 g/mol. The minimum Gasteiger partial charge on any atom is -0.507 e. The van der Waals surface area contributed by atoms with Gasteiger partial charge in [0.2, 0.25) is 0 Å². The number of nitrogens with zero attached hydrogens (tertiary/aromatic N) is 3. The highest BCUT2D eigenvalue weighted by molar-refractivity contribution is 7.16. The third kappa shape index (κ3) is 5.53. The van der Waals surface area contributed by atoms with Crippen LogP contribution in [0.15, 0.2) is 60.1 Å². The number of phenols is 1. The van der Waals surface area contributed by atoms with Crippen molar-refractivity contribution in [1.29, 1.82) is 0 Å². The number of ether oxygens (including phenoxy) is 1. The SMILES string of the molecule is C=CCc1cc([N+](=O)[O-])cc(C=Nc2sc3c(c2C(=O)OCC)CCN(Cc2ccccc2)C3)c1O. The van der Waals surface area contributed by atoms with Gasteiger partial charge in [0.1, 0.15) is 10.8 Å². The van der Waals surface area contributed by atoms with Crippen LogP contribution in [0.25, 0.3) is 0 Å². The average Bonchev–Trinajstić information content (AvgIpc) is 3.23. The van der Waals surface area contributed by atoms with Crippen LogP contribution in [0.4, 0.5) is 10.7 Å². The highest BCUT2D eigenvalue weighted by atomic mass is 32.1. The van der Waals surface area contributed by atoms with Crippen LogP contribution in [0, 0.1) is 10.1 Å². The molecule has 0 atom stereocenters. The third-order valence-corrected chi connectivity index (χ3v) is 7.07. The van der Waals surface area contributed by atoms with Crippen LogP contribution in [-0.2, 0) is 30.7 Å². The zero-order valence-electron chi connectivity index (χ0n) is 20.0. The Morgan fingerprint density at radius 3 is 2.81 bits per heavy atom. The van der Waals surface area contributed by atoms with Gasteiger partial charge in [-0.2, -0.15) is 0 Å². The van der Waals surface area contributed by atoms with Crippen molar-refractivity contribution in [2.75, 3.05) is 13.2 Å². The molecule has 0 saturated carbocycles. The molecule has 0 bridgehead atoms. The second-order valence-electron chi connectivity index (χ2n) is 8.40. The van der Waals surface area contributed by atoms with Crippen molar-refractivity contribution >= 4 is 34.2 Å². The Bertz CT molecular complexity index is 1320. The maximum atomic E-state index is 12.9. The minimum absolute atomic E-state index is 0.0997. The molecule has 0 saturated heterocycles. The molecule has 0 amide bonds. The van der Waals surface area contributed by atoms with Gasteiger partial charge in [0.05, 0.1) is 17.1 Å². The lowest BCUT2D eigenvalue weighted by Crippen LogP contribution is -2.29. The van der Waals surface area contributed by atoms with Gasteiger partial charge in [-0.15, -0.1) is 17.9 Å². The summed E-state index contributed by atoms with van der Waals surface area (Å²) in [6.07, 6.45) is 3.89. The zero-order valence-corrected chi connectivity index (χ0v) is 20.8. The van der Waals surface area contributed by atoms with Crippen molar-refractivity contribution in [2.24, 2.45) is 4.99 Å². The number of carbonyl (C=O) groups excluding carboxylic acids is 1. The van der Waals surface area contributed by atoms with Gasteiger partial charge in [-0.3, -0.25) is 15.0 Å². The summed E-state index contributed by atoms with van der Waals surface area (Å²) in [6.45, 7) is 7.92.